The van der Waals surface area contributed by atoms with E-state index in [9.17, 15) is 14.4 Å². The molecule has 0 bridgehead atoms. The predicted molar refractivity (Wildman–Crippen MR) is 94.7 cm³/mol. The van der Waals surface area contributed by atoms with Crippen LogP contribution in [0.15, 0.2) is 47.1 Å². The first-order chi connectivity index (χ1) is 12.6. The second kappa shape index (κ2) is 7.86. The third-order valence-corrected chi connectivity index (χ3v) is 4.44. The van der Waals surface area contributed by atoms with Crippen LogP contribution in [0.25, 0.3) is 0 Å². The molecule has 1 N–H and O–H groups in total. The molecule has 1 aromatic heterocycles. The maximum Gasteiger partial charge on any atom is 0.289 e. The number of carbonyl (C=O) groups excluding carboxylic acids is 3. The second-order valence-electron chi connectivity index (χ2n) is 6.15. The molecule has 7 nitrogen and oxygen atoms in total. The average molecular weight is 355 g/mol. The van der Waals surface area contributed by atoms with Crippen LogP contribution in [0.5, 0.6) is 0 Å². The van der Waals surface area contributed by atoms with Crippen LogP contribution in [-0.2, 0) is 4.79 Å². The molecule has 0 unspecified atom stereocenters. The van der Waals surface area contributed by atoms with E-state index >= 15 is 0 Å². The number of aryl methyl sites for hydroxylation is 1. The number of furan rings is 1. The molecule has 1 fully saturated rings. The van der Waals surface area contributed by atoms with Crippen molar-refractivity contribution in [1.29, 1.82) is 0 Å². The van der Waals surface area contributed by atoms with Crippen molar-refractivity contribution in [2.45, 2.75) is 6.92 Å². The van der Waals surface area contributed by atoms with Crippen molar-refractivity contribution in [3.63, 3.8) is 0 Å². The van der Waals surface area contributed by atoms with Crippen molar-refractivity contribution >= 4 is 17.7 Å². The fourth-order valence-corrected chi connectivity index (χ4v) is 2.91. The van der Waals surface area contributed by atoms with Crippen molar-refractivity contribution < 1.29 is 18.8 Å². The smallest absolute Gasteiger partial charge is 0.289 e. The van der Waals surface area contributed by atoms with Gasteiger partial charge in [-0.25, -0.2) is 0 Å². The minimum Gasteiger partial charge on any atom is -0.459 e. The molecule has 0 aliphatic carbocycles. The summed E-state index contributed by atoms with van der Waals surface area (Å²) in [7, 11) is 0. The van der Waals surface area contributed by atoms with Gasteiger partial charge in [0.1, 0.15) is 0 Å². The Morgan fingerprint density at radius 1 is 1.00 bits per heavy atom. The Morgan fingerprint density at radius 2 is 1.69 bits per heavy atom. The third kappa shape index (κ3) is 3.93. The van der Waals surface area contributed by atoms with E-state index in [4.69, 9.17) is 4.42 Å². The molecule has 0 saturated carbocycles. The van der Waals surface area contributed by atoms with E-state index in [0.717, 1.165) is 5.56 Å². The molecule has 0 atom stereocenters. The summed E-state index contributed by atoms with van der Waals surface area (Å²) in [6.45, 7) is 3.55. The van der Waals surface area contributed by atoms with Crippen molar-refractivity contribution in [2.75, 3.05) is 32.7 Å². The van der Waals surface area contributed by atoms with E-state index in [1.54, 1.807) is 34.1 Å². The lowest BCUT2D eigenvalue weighted by molar-refractivity contribution is -0.131. The molecule has 0 spiro atoms. The molecular weight excluding hydrogens is 334 g/mol. The average Bonchev–Trinajstić information content (AvgIpc) is 3.20. The van der Waals surface area contributed by atoms with Crippen LogP contribution in [0.2, 0.25) is 0 Å². The van der Waals surface area contributed by atoms with Gasteiger partial charge in [-0.15, -0.1) is 0 Å². The van der Waals surface area contributed by atoms with Gasteiger partial charge in [0.05, 0.1) is 12.8 Å². The number of amides is 3. The summed E-state index contributed by atoms with van der Waals surface area (Å²) in [5, 5.41) is 2.67. The Hall–Kier alpha value is -3.09. The molecule has 3 rings (SSSR count). The van der Waals surface area contributed by atoms with Gasteiger partial charge in [0.15, 0.2) is 5.76 Å². The van der Waals surface area contributed by atoms with Crippen LogP contribution in [0.3, 0.4) is 0 Å². The SMILES string of the molecule is Cc1ccccc1C(=O)NCC(=O)N1CCN(C(=O)c2ccco2)CC1. The highest BCUT2D eigenvalue weighted by Gasteiger charge is 2.26. The first-order valence-corrected chi connectivity index (χ1v) is 8.50. The molecular formula is C19H21N3O4. The lowest BCUT2D eigenvalue weighted by atomic mass is 10.1. The number of hydrogen-bond acceptors (Lipinski definition) is 4. The van der Waals surface area contributed by atoms with E-state index in [2.05, 4.69) is 5.32 Å². The number of nitrogens with zero attached hydrogens (tertiary/aromatic N) is 2. The molecule has 1 aliphatic rings. The normalized spacial score (nSPS) is 14.2. The first kappa shape index (κ1) is 17.7. The molecule has 3 amide bonds. The van der Waals surface area contributed by atoms with E-state index < -0.39 is 0 Å². The molecule has 26 heavy (non-hydrogen) atoms. The highest BCUT2D eigenvalue weighted by atomic mass is 16.3. The van der Waals surface area contributed by atoms with Crippen molar-refractivity contribution in [2.24, 2.45) is 0 Å². The zero-order chi connectivity index (χ0) is 18.5. The van der Waals surface area contributed by atoms with Crippen LogP contribution < -0.4 is 5.32 Å². The molecule has 2 aromatic rings. The van der Waals surface area contributed by atoms with Crippen LogP contribution in [0.4, 0.5) is 0 Å². The summed E-state index contributed by atoms with van der Waals surface area (Å²) in [5.41, 5.74) is 1.43. The molecule has 0 radical (unpaired) electrons. The molecule has 1 aromatic carbocycles. The largest absolute Gasteiger partial charge is 0.459 e. The molecule has 1 saturated heterocycles. The van der Waals surface area contributed by atoms with Crippen LogP contribution in [0, 0.1) is 6.92 Å². The van der Waals surface area contributed by atoms with E-state index in [1.165, 1.54) is 6.26 Å². The van der Waals surface area contributed by atoms with Gasteiger partial charge >= 0.3 is 0 Å². The van der Waals surface area contributed by atoms with Gasteiger partial charge < -0.3 is 19.5 Å². The standard InChI is InChI=1S/C19H21N3O4/c1-14-5-2-3-6-15(14)18(24)20-13-17(23)21-8-10-22(11-9-21)19(25)16-7-4-12-26-16/h2-7,12H,8-11,13H2,1H3,(H,20,24). The van der Waals surface area contributed by atoms with Gasteiger partial charge in [-0.05, 0) is 30.7 Å². The number of hydrogen-bond donors (Lipinski definition) is 1. The van der Waals surface area contributed by atoms with Gasteiger partial charge in [-0.2, -0.15) is 0 Å². The van der Waals surface area contributed by atoms with E-state index in [1.807, 2.05) is 19.1 Å². The fourth-order valence-electron chi connectivity index (χ4n) is 2.91. The molecule has 1 aliphatic heterocycles. The van der Waals surface area contributed by atoms with E-state index in [0.29, 0.717) is 37.5 Å². The maximum absolute atomic E-state index is 12.3. The van der Waals surface area contributed by atoms with Gasteiger partial charge in [0, 0.05) is 31.7 Å². The number of carbonyl (C=O) groups is 3. The topological polar surface area (TPSA) is 82.9 Å². The van der Waals surface area contributed by atoms with Gasteiger partial charge in [0.2, 0.25) is 5.91 Å². The van der Waals surface area contributed by atoms with Crippen LogP contribution in [0.1, 0.15) is 26.5 Å². The van der Waals surface area contributed by atoms with Gasteiger partial charge in [-0.3, -0.25) is 14.4 Å². The number of benzene rings is 1. The summed E-state index contributed by atoms with van der Waals surface area (Å²) in [4.78, 5) is 40.0. The quantitative estimate of drug-likeness (QED) is 0.896. The summed E-state index contributed by atoms with van der Waals surface area (Å²) < 4.78 is 5.12. The highest BCUT2D eigenvalue weighted by Crippen LogP contribution is 2.10. The summed E-state index contributed by atoms with van der Waals surface area (Å²) in [6.07, 6.45) is 1.46. The predicted octanol–water partition coefficient (Wildman–Crippen LogP) is 1.30. The Morgan fingerprint density at radius 3 is 2.35 bits per heavy atom. The zero-order valence-electron chi connectivity index (χ0n) is 14.6. The molecule has 2 heterocycles. The van der Waals surface area contributed by atoms with Crippen molar-refractivity contribution in [3.05, 3.63) is 59.5 Å². The van der Waals surface area contributed by atoms with Crippen molar-refractivity contribution in [1.82, 2.24) is 15.1 Å². The minimum atomic E-state index is -0.261. The highest BCUT2D eigenvalue weighted by molar-refractivity contribution is 5.97. The van der Waals surface area contributed by atoms with Gasteiger partial charge in [0.25, 0.3) is 11.8 Å². The summed E-state index contributed by atoms with van der Waals surface area (Å²) >= 11 is 0. The summed E-state index contributed by atoms with van der Waals surface area (Å²) in [5.74, 6) is -0.287. The minimum absolute atomic E-state index is 0.0563. The maximum atomic E-state index is 12.3. The monoisotopic (exact) mass is 355 g/mol. The number of piperazine rings is 1. The lowest BCUT2D eigenvalue weighted by Crippen LogP contribution is -2.52. The van der Waals surface area contributed by atoms with Crippen LogP contribution in [-0.4, -0.2) is 60.2 Å². The Labute approximate surface area is 151 Å². The Bertz CT molecular complexity index is 793. The zero-order valence-corrected chi connectivity index (χ0v) is 14.6. The Kier molecular flexibility index (Phi) is 5.36. The second-order valence-corrected chi connectivity index (χ2v) is 6.15. The molecule has 7 heteroatoms. The lowest BCUT2D eigenvalue weighted by Gasteiger charge is -2.34. The van der Waals surface area contributed by atoms with Crippen LogP contribution >= 0.6 is 0 Å². The van der Waals surface area contributed by atoms with E-state index in [-0.39, 0.29) is 24.3 Å². The van der Waals surface area contributed by atoms with Crippen molar-refractivity contribution in [3.8, 4) is 0 Å². The number of nitrogens with one attached hydrogen (secondary N) is 1. The first-order valence-electron chi connectivity index (χ1n) is 8.50. The summed E-state index contributed by atoms with van der Waals surface area (Å²) in [6, 6.07) is 10.5. The third-order valence-electron chi connectivity index (χ3n) is 4.44. The number of rotatable bonds is 4. The van der Waals surface area contributed by atoms with Gasteiger partial charge in [-0.1, -0.05) is 18.2 Å². The molecule has 136 valence electrons. The fraction of sp³-hybridized carbons (Fsp3) is 0.316. The Balaban J connectivity index is 1.47.